The lowest BCUT2D eigenvalue weighted by Crippen LogP contribution is -2.47. The van der Waals surface area contributed by atoms with Gasteiger partial charge in [0, 0.05) is 19.6 Å². The topological polar surface area (TPSA) is 32.7 Å². The van der Waals surface area contributed by atoms with E-state index in [-0.39, 0.29) is 6.61 Å². The van der Waals surface area contributed by atoms with E-state index in [1.807, 2.05) is 0 Å². The van der Waals surface area contributed by atoms with Gasteiger partial charge in [0.15, 0.2) is 0 Å². The third kappa shape index (κ3) is 2.73. The first-order chi connectivity index (χ1) is 5.76. The quantitative estimate of drug-likeness (QED) is 0.673. The fourth-order valence-corrected chi connectivity index (χ4v) is 1.69. The van der Waals surface area contributed by atoms with Crippen LogP contribution in [0.1, 0.15) is 20.3 Å². The number of nitrogens with zero attached hydrogens (tertiary/aromatic N) is 1. The molecule has 3 heteroatoms. The SMILES string of the molecule is CC[C@@H]1CN(CCO)C[C@@H](C)O1. The minimum Gasteiger partial charge on any atom is -0.395 e. The Balaban J connectivity index is 2.34. The molecule has 0 aliphatic carbocycles. The van der Waals surface area contributed by atoms with E-state index in [1.54, 1.807) is 0 Å². The van der Waals surface area contributed by atoms with E-state index in [9.17, 15) is 0 Å². The Morgan fingerprint density at radius 2 is 2.25 bits per heavy atom. The number of ether oxygens (including phenoxy) is 1. The molecule has 0 amide bonds. The van der Waals surface area contributed by atoms with Crippen LogP contribution in [0.4, 0.5) is 0 Å². The van der Waals surface area contributed by atoms with Gasteiger partial charge in [-0.2, -0.15) is 0 Å². The van der Waals surface area contributed by atoms with Crippen molar-refractivity contribution in [1.82, 2.24) is 4.90 Å². The number of aliphatic hydroxyl groups excluding tert-OH is 1. The average molecular weight is 173 g/mol. The third-order valence-corrected chi connectivity index (χ3v) is 2.27. The highest BCUT2D eigenvalue weighted by Crippen LogP contribution is 2.12. The van der Waals surface area contributed by atoms with Crippen molar-refractivity contribution < 1.29 is 9.84 Å². The fraction of sp³-hybridized carbons (Fsp3) is 1.00. The van der Waals surface area contributed by atoms with Gasteiger partial charge >= 0.3 is 0 Å². The first kappa shape index (κ1) is 9.96. The second kappa shape index (κ2) is 4.80. The minimum absolute atomic E-state index is 0.253. The van der Waals surface area contributed by atoms with Crippen molar-refractivity contribution in [3.63, 3.8) is 0 Å². The molecule has 0 spiro atoms. The zero-order valence-corrected chi connectivity index (χ0v) is 7.99. The summed E-state index contributed by atoms with van der Waals surface area (Å²) in [5, 5.41) is 8.78. The van der Waals surface area contributed by atoms with Gasteiger partial charge in [0.2, 0.25) is 0 Å². The van der Waals surface area contributed by atoms with Crippen LogP contribution in [-0.2, 0) is 4.74 Å². The maximum absolute atomic E-state index is 8.78. The van der Waals surface area contributed by atoms with Gasteiger partial charge in [-0.25, -0.2) is 0 Å². The van der Waals surface area contributed by atoms with E-state index in [0.29, 0.717) is 12.2 Å². The van der Waals surface area contributed by atoms with Crippen molar-refractivity contribution in [2.24, 2.45) is 0 Å². The molecule has 1 fully saturated rings. The monoisotopic (exact) mass is 173 g/mol. The van der Waals surface area contributed by atoms with Crippen LogP contribution in [0, 0.1) is 0 Å². The molecular formula is C9H19NO2. The zero-order chi connectivity index (χ0) is 8.97. The lowest BCUT2D eigenvalue weighted by Gasteiger charge is -2.36. The molecule has 0 radical (unpaired) electrons. The van der Waals surface area contributed by atoms with Gasteiger partial charge < -0.3 is 9.84 Å². The molecule has 1 saturated heterocycles. The molecule has 72 valence electrons. The van der Waals surface area contributed by atoms with E-state index >= 15 is 0 Å². The maximum atomic E-state index is 8.78. The van der Waals surface area contributed by atoms with E-state index in [2.05, 4.69) is 18.7 Å². The molecule has 1 aliphatic heterocycles. The molecule has 1 rings (SSSR count). The smallest absolute Gasteiger partial charge is 0.0703 e. The third-order valence-electron chi connectivity index (χ3n) is 2.27. The molecule has 0 unspecified atom stereocenters. The van der Waals surface area contributed by atoms with E-state index in [0.717, 1.165) is 26.1 Å². The first-order valence-electron chi connectivity index (χ1n) is 4.75. The minimum atomic E-state index is 0.253. The van der Waals surface area contributed by atoms with Crippen molar-refractivity contribution in [3.8, 4) is 0 Å². The summed E-state index contributed by atoms with van der Waals surface area (Å²) in [5.41, 5.74) is 0. The molecule has 1 N–H and O–H groups in total. The summed E-state index contributed by atoms with van der Waals surface area (Å²) in [6, 6.07) is 0. The summed E-state index contributed by atoms with van der Waals surface area (Å²) < 4.78 is 5.69. The summed E-state index contributed by atoms with van der Waals surface area (Å²) in [6.45, 7) is 7.19. The van der Waals surface area contributed by atoms with Crippen LogP contribution in [0.25, 0.3) is 0 Å². The molecule has 0 aromatic rings. The van der Waals surface area contributed by atoms with Gasteiger partial charge in [-0.05, 0) is 13.3 Å². The van der Waals surface area contributed by atoms with Crippen LogP contribution in [-0.4, -0.2) is 48.5 Å². The molecule has 3 nitrogen and oxygen atoms in total. The number of rotatable bonds is 3. The largest absolute Gasteiger partial charge is 0.395 e. The number of β-amino-alcohol motifs (C(OH)–C–C–N with tert-alkyl or cyclic N) is 1. The molecule has 2 atom stereocenters. The highest BCUT2D eigenvalue weighted by atomic mass is 16.5. The van der Waals surface area contributed by atoms with Crippen LogP contribution < -0.4 is 0 Å². The predicted octanol–water partition coefficient (Wildman–Crippen LogP) is 0.478. The second-order valence-corrected chi connectivity index (χ2v) is 3.46. The highest BCUT2D eigenvalue weighted by Gasteiger charge is 2.22. The van der Waals surface area contributed by atoms with E-state index in [4.69, 9.17) is 9.84 Å². The van der Waals surface area contributed by atoms with Crippen LogP contribution >= 0.6 is 0 Å². The van der Waals surface area contributed by atoms with Crippen LogP contribution in [0.5, 0.6) is 0 Å². The molecule has 1 aliphatic rings. The Kier molecular flexibility index (Phi) is 3.98. The van der Waals surface area contributed by atoms with Crippen LogP contribution in [0.15, 0.2) is 0 Å². The van der Waals surface area contributed by atoms with Crippen molar-refractivity contribution in [3.05, 3.63) is 0 Å². The van der Waals surface area contributed by atoms with Gasteiger partial charge in [-0.15, -0.1) is 0 Å². The highest BCUT2D eigenvalue weighted by molar-refractivity contribution is 4.74. The number of hydrogen-bond acceptors (Lipinski definition) is 3. The van der Waals surface area contributed by atoms with Gasteiger partial charge in [-0.1, -0.05) is 6.92 Å². The summed E-state index contributed by atoms with van der Waals surface area (Å²) >= 11 is 0. The molecule has 0 bridgehead atoms. The van der Waals surface area contributed by atoms with Crippen molar-refractivity contribution in [2.45, 2.75) is 32.5 Å². The standard InChI is InChI=1S/C9H19NO2/c1-3-9-7-10(4-5-11)6-8(2)12-9/h8-9,11H,3-7H2,1-2H3/t8-,9-/m1/s1. The average Bonchev–Trinajstić information content (AvgIpc) is 2.04. The van der Waals surface area contributed by atoms with Gasteiger partial charge in [-0.3, -0.25) is 4.90 Å². The van der Waals surface area contributed by atoms with Crippen molar-refractivity contribution in [1.29, 1.82) is 0 Å². The summed E-state index contributed by atoms with van der Waals surface area (Å²) in [7, 11) is 0. The molecule has 1 heterocycles. The van der Waals surface area contributed by atoms with Crippen molar-refractivity contribution >= 4 is 0 Å². The Hall–Kier alpha value is -0.120. The van der Waals surface area contributed by atoms with E-state index in [1.165, 1.54) is 0 Å². The normalized spacial score (nSPS) is 32.2. The molecule has 0 aromatic carbocycles. The number of aliphatic hydroxyl groups is 1. The molecule has 0 aromatic heterocycles. The molecule has 0 saturated carbocycles. The zero-order valence-electron chi connectivity index (χ0n) is 7.99. The predicted molar refractivity (Wildman–Crippen MR) is 48.2 cm³/mol. The van der Waals surface area contributed by atoms with E-state index < -0.39 is 0 Å². The Morgan fingerprint density at radius 1 is 1.50 bits per heavy atom. The molecule has 12 heavy (non-hydrogen) atoms. The summed E-state index contributed by atoms with van der Waals surface area (Å²) in [4.78, 5) is 2.27. The summed E-state index contributed by atoms with van der Waals surface area (Å²) in [6.07, 6.45) is 1.74. The van der Waals surface area contributed by atoms with Crippen molar-refractivity contribution in [2.75, 3.05) is 26.2 Å². The Labute approximate surface area is 74.3 Å². The number of morpholine rings is 1. The van der Waals surface area contributed by atoms with Gasteiger partial charge in [0.25, 0.3) is 0 Å². The lowest BCUT2D eigenvalue weighted by molar-refractivity contribution is -0.0800. The number of hydrogen-bond donors (Lipinski definition) is 1. The van der Waals surface area contributed by atoms with Gasteiger partial charge in [0.1, 0.15) is 0 Å². The van der Waals surface area contributed by atoms with Crippen LogP contribution in [0.3, 0.4) is 0 Å². The Morgan fingerprint density at radius 3 is 2.83 bits per heavy atom. The fourth-order valence-electron chi connectivity index (χ4n) is 1.69. The Bertz CT molecular complexity index is 130. The lowest BCUT2D eigenvalue weighted by atomic mass is 10.2. The van der Waals surface area contributed by atoms with Crippen LogP contribution in [0.2, 0.25) is 0 Å². The first-order valence-corrected chi connectivity index (χ1v) is 4.75. The van der Waals surface area contributed by atoms with Gasteiger partial charge in [0.05, 0.1) is 18.8 Å². The second-order valence-electron chi connectivity index (χ2n) is 3.46. The molecular weight excluding hydrogens is 154 g/mol. The summed E-state index contributed by atoms with van der Waals surface area (Å²) in [5.74, 6) is 0. The maximum Gasteiger partial charge on any atom is 0.0703 e.